The second-order valence-corrected chi connectivity index (χ2v) is 5.47. The summed E-state index contributed by atoms with van der Waals surface area (Å²) in [6.07, 6.45) is 0.562. The SMILES string of the molecule is [CH2+]Cc1c(-c2cc(F)ccc2OC)cc2c(c1C)N=C1ON=C12. The van der Waals surface area contributed by atoms with Crippen LogP contribution in [0.25, 0.3) is 11.1 Å². The van der Waals surface area contributed by atoms with Gasteiger partial charge in [0.1, 0.15) is 18.0 Å². The lowest BCUT2D eigenvalue weighted by atomic mass is 9.89. The van der Waals surface area contributed by atoms with E-state index in [2.05, 4.69) is 17.1 Å². The van der Waals surface area contributed by atoms with Crippen LogP contribution in [-0.4, -0.2) is 18.7 Å². The molecule has 2 aliphatic heterocycles. The lowest BCUT2D eigenvalue weighted by Crippen LogP contribution is -2.22. The fourth-order valence-electron chi connectivity index (χ4n) is 3.10. The topological polar surface area (TPSA) is 43.2 Å². The van der Waals surface area contributed by atoms with Crippen molar-refractivity contribution in [1.82, 2.24) is 0 Å². The molecule has 2 aromatic rings. The first-order valence-electron chi connectivity index (χ1n) is 7.28. The fourth-order valence-corrected chi connectivity index (χ4v) is 3.10. The minimum atomic E-state index is -0.310. The monoisotopic (exact) mass is 309 g/mol. The van der Waals surface area contributed by atoms with E-state index < -0.39 is 0 Å². The lowest BCUT2D eigenvalue weighted by Gasteiger charge is -2.16. The molecule has 0 fully saturated rings. The fraction of sp³-hybridized carbons (Fsp3) is 0.167. The minimum absolute atomic E-state index is 0.310. The van der Waals surface area contributed by atoms with Crippen LogP contribution < -0.4 is 4.74 Å². The number of nitrogens with zero attached hydrogens (tertiary/aromatic N) is 2. The first-order valence-corrected chi connectivity index (χ1v) is 7.28. The Morgan fingerprint density at radius 3 is 2.70 bits per heavy atom. The van der Waals surface area contributed by atoms with Crippen LogP contribution in [0.5, 0.6) is 5.75 Å². The Labute approximate surface area is 133 Å². The second kappa shape index (κ2) is 4.84. The number of aliphatic imine (C=N–C) groups is 1. The molecule has 0 radical (unpaired) electrons. The van der Waals surface area contributed by atoms with Crippen LogP contribution in [0, 0.1) is 19.7 Å². The van der Waals surface area contributed by atoms with Gasteiger partial charge < -0.3 is 9.57 Å². The van der Waals surface area contributed by atoms with E-state index in [0.29, 0.717) is 23.6 Å². The summed E-state index contributed by atoms with van der Waals surface area (Å²) in [5.74, 6) is 0.850. The van der Waals surface area contributed by atoms with Crippen LogP contribution in [0.2, 0.25) is 0 Å². The third-order valence-electron chi connectivity index (χ3n) is 4.27. The molecule has 0 saturated heterocycles. The van der Waals surface area contributed by atoms with E-state index in [4.69, 9.17) is 9.57 Å². The van der Waals surface area contributed by atoms with Crippen molar-refractivity contribution in [3.63, 3.8) is 0 Å². The highest BCUT2D eigenvalue weighted by atomic mass is 19.1. The third-order valence-corrected chi connectivity index (χ3v) is 4.27. The molecular weight excluding hydrogens is 295 g/mol. The highest BCUT2D eigenvalue weighted by Gasteiger charge is 2.35. The van der Waals surface area contributed by atoms with E-state index in [9.17, 15) is 4.39 Å². The number of methoxy groups -OCH3 is 1. The van der Waals surface area contributed by atoms with Crippen molar-refractivity contribution >= 4 is 17.3 Å². The van der Waals surface area contributed by atoms with Gasteiger partial charge in [-0.25, -0.2) is 9.38 Å². The molecule has 2 aromatic carbocycles. The molecule has 4 rings (SSSR count). The number of rotatable bonds is 3. The normalized spacial score (nSPS) is 14.2. The zero-order valence-electron chi connectivity index (χ0n) is 12.8. The molecule has 0 unspecified atom stereocenters. The van der Waals surface area contributed by atoms with Crippen molar-refractivity contribution in [3.8, 4) is 16.9 Å². The first-order chi connectivity index (χ1) is 11.1. The minimum Gasteiger partial charge on any atom is -0.496 e. The highest BCUT2D eigenvalue weighted by molar-refractivity contribution is 6.52. The van der Waals surface area contributed by atoms with Crippen LogP contribution in [0.1, 0.15) is 16.7 Å². The summed E-state index contributed by atoms with van der Waals surface area (Å²) < 4.78 is 19.2. The van der Waals surface area contributed by atoms with E-state index in [1.165, 1.54) is 12.1 Å². The summed E-state index contributed by atoms with van der Waals surface area (Å²) >= 11 is 0. The molecule has 23 heavy (non-hydrogen) atoms. The average Bonchev–Trinajstić information content (AvgIpc) is 2.77. The molecule has 2 aliphatic rings. The van der Waals surface area contributed by atoms with E-state index in [1.807, 2.05) is 13.0 Å². The molecule has 0 aliphatic carbocycles. The Balaban J connectivity index is 2.01. The van der Waals surface area contributed by atoms with Crippen LogP contribution >= 0.6 is 0 Å². The molecule has 114 valence electrons. The molecule has 2 heterocycles. The maximum atomic E-state index is 13.8. The predicted molar refractivity (Wildman–Crippen MR) is 86.9 cm³/mol. The molecule has 4 nitrogen and oxygen atoms in total. The molecule has 0 spiro atoms. The van der Waals surface area contributed by atoms with Gasteiger partial charge in [-0.1, -0.05) is 5.16 Å². The van der Waals surface area contributed by atoms with Crippen molar-refractivity contribution in [3.05, 3.63) is 53.7 Å². The molecule has 0 N–H and O–H groups in total. The number of ether oxygens (including phenoxy) is 1. The van der Waals surface area contributed by atoms with Gasteiger partial charge in [0.15, 0.2) is 5.71 Å². The van der Waals surface area contributed by atoms with Gasteiger partial charge in [-0.15, -0.1) is 0 Å². The predicted octanol–water partition coefficient (Wildman–Crippen LogP) is 3.96. The van der Waals surface area contributed by atoms with Crippen molar-refractivity contribution in [1.29, 1.82) is 0 Å². The number of oxime groups is 1. The average molecular weight is 309 g/mol. The number of benzene rings is 2. The summed E-state index contributed by atoms with van der Waals surface area (Å²) in [6.45, 7) is 6.01. The third kappa shape index (κ3) is 1.86. The van der Waals surface area contributed by atoms with E-state index in [0.717, 1.165) is 33.7 Å². The van der Waals surface area contributed by atoms with E-state index in [1.54, 1.807) is 13.2 Å². The van der Waals surface area contributed by atoms with Crippen molar-refractivity contribution in [2.75, 3.05) is 7.11 Å². The van der Waals surface area contributed by atoms with Crippen LogP contribution in [0.15, 0.2) is 34.4 Å². The van der Waals surface area contributed by atoms with Crippen molar-refractivity contribution in [2.24, 2.45) is 10.1 Å². The summed E-state index contributed by atoms with van der Waals surface area (Å²) in [4.78, 5) is 9.47. The van der Waals surface area contributed by atoms with Crippen molar-refractivity contribution < 1.29 is 14.0 Å². The van der Waals surface area contributed by atoms with Gasteiger partial charge in [0.05, 0.1) is 19.7 Å². The second-order valence-electron chi connectivity index (χ2n) is 5.47. The van der Waals surface area contributed by atoms with Crippen LogP contribution in [0.3, 0.4) is 0 Å². The summed E-state index contributed by atoms with van der Waals surface area (Å²) in [5, 5.41) is 3.93. The van der Waals surface area contributed by atoms with Gasteiger partial charge in [0.2, 0.25) is 0 Å². The largest absolute Gasteiger partial charge is 0.496 e. The summed E-state index contributed by atoms with van der Waals surface area (Å²) in [7, 11) is 1.58. The molecule has 0 amide bonds. The highest BCUT2D eigenvalue weighted by Crippen LogP contribution is 2.43. The maximum absolute atomic E-state index is 13.8. The molecule has 0 bridgehead atoms. The Morgan fingerprint density at radius 1 is 1.22 bits per heavy atom. The van der Waals surface area contributed by atoms with Gasteiger partial charge in [0, 0.05) is 16.7 Å². The number of halogens is 1. The number of hydrogen-bond donors (Lipinski definition) is 0. The molecular formula is C18H14FN2O2+. The number of hydrogen-bond acceptors (Lipinski definition) is 4. The summed E-state index contributed by atoms with van der Waals surface area (Å²) in [5.41, 5.74) is 6.11. The van der Waals surface area contributed by atoms with E-state index in [-0.39, 0.29) is 5.82 Å². The van der Waals surface area contributed by atoms with Gasteiger partial charge >= 0.3 is 0 Å². The maximum Gasteiger partial charge on any atom is 0.279 e. The first kappa shape index (κ1) is 13.8. The Hall–Kier alpha value is -2.82. The lowest BCUT2D eigenvalue weighted by molar-refractivity contribution is 0.309. The Kier molecular flexibility index (Phi) is 2.91. The van der Waals surface area contributed by atoms with Crippen LogP contribution in [-0.2, 0) is 11.3 Å². The standard InChI is InChI=1S/C18H14FN2O2/c1-4-11-9(2)16-14(17-18(20-16)23-21-17)8-12(11)13-7-10(19)5-6-15(13)22-3/h5-8H,1,4H2,2-3H3/q+1. The molecule has 5 heteroatoms. The zero-order valence-corrected chi connectivity index (χ0v) is 12.8. The molecule has 0 atom stereocenters. The Morgan fingerprint density at radius 2 is 2.04 bits per heavy atom. The smallest absolute Gasteiger partial charge is 0.279 e. The Bertz CT molecular complexity index is 900. The van der Waals surface area contributed by atoms with E-state index >= 15 is 0 Å². The molecule has 0 saturated carbocycles. The van der Waals surface area contributed by atoms with Gasteiger partial charge in [0.25, 0.3) is 5.90 Å². The van der Waals surface area contributed by atoms with Gasteiger partial charge in [-0.05, 0) is 42.3 Å². The molecule has 0 aromatic heterocycles. The summed E-state index contributed by atoms with van der Waals surface area (Å²) in [6, 6.07) is 6.47. The number of fused-ring (bicyclic) bond motifs is 3. The quantitative estimate of drug-likeness (QED) is 0.805. The van der Waals surface area contributed by atoms with Gasteiger partial charge in [-0.3, -0.25) is 0 Å². The zero-order chi connectivity index (χ0) is 16.1. The van der Waals surface area contributed by atoms with Crippen molar-refractivity contribution in [2.45, 2.75) is 13.3 Å². The van der Waals surface area contributed by atoms with Gasteiger partial charge in [-0.2, -0.15) is 0 Å². The van der Waals surface area contributed by atoms with Crippen LogP contribution in [0.4, 0.5) is 10.1 Å².